The van der Waals surface area contributed by atoms with Gasteiger partial charge in [-0.1, -0.05) is 13.0 Å². The lowest BCUT2D eigenvalue weighted by Crippen LogP contribution is -2.06. The molecule has 0 aromatic rings. The van der Waals surface area contributed by atoms with Crippen molar-refractivity contribution in [2.24, 2.45) is 5.92 Å². The minimum absolute atomic E-state index is 0.233. The largest absolute Gasteiger partial charge is 0.465 e. The van der Waals surface area contributed by atoms with Crippen molar-refractivity contribution in [3.8, 4) is 0 Å². The molecule has 9 heavy (non-hydrogen) atoms. The summed E-state index contributed by atoms with van der Waals surface area (Å²) < 4.78 is 4.68. The van der Waals surface area contributed by atoms with Crippen molar-refractivity contribution in [2.45, 2.75) is 13.8 Å². The zero-order valence-corrected chi connectivity index (χ0v) is 5.89. The molecule has 0 fully saturated rings. The molecular weight excluding hydrogens is 116 g/mol. The maximum absolute atomic E-state index is 10.2. The molecule has 0 aromatic heterocycles. The molecule has 52 valence electrons. The van der Waals surface area contributed by atoms with Gasteiger partial charge in [0.05, 0.1) is 6.61 Å². The fourth-order valence-corrected chi connectivity index (χ4v) is 0.317. The molecule has 0 rings (SSSR count). The molecular formula is C7H12O2. The number of carbonyl (C=O) groups is 1. The summed E-state index contributed by atoms with van der Waals surface area (Å²) in [7, 11) is 0. The van der Waals surface area contributed by atoms with Gasteiger partial charge in [0.1, 0.15) is 0 Å². The first-order valence-electron chi connectivity index (χ1n) is 2.92. The number of carbonyl (C=O) groups excluding carboxylic acids is 1. The Labute approximate surface area is 55.5 Å². The van der Waals surface area contributed by atoms with E-state index in [1.807, 2.05) is 6.92 Å². The van der Waals surface area contributed by atoms with E-state index in [1.165, 1.54) is 6.92 Å². The Bertz CT molecular complexity index is 107. The average molecular weight is 128 g/mol. The molecule has 2 heteroatoms. The molecule has 0 aliphatic heterocycles. The van der Waals surface area contributed by atoms with Crippen LogP contribution in [0.3, 0.4) is 0 Å². The van der Waals surface area contributed by atoms with E-state index in [-0.39, 0.29) is 11.9 Å². The Balaban J connectivity index is 3.26. The minimum atomic E-state index is -0.233. The first-order chi connectivity index (χ1) is 4.16. The summed E-state index contributed by atoms with van der Waals surface area (Å²) in [6, 6.07) is 0. The van der Waals surface area contributed by atoms with E-state index in [1.54, 1.807) is 6.08 Å². The first-order valence-corrected chi connectivity index (χ1v) is 2.92. The number of ether oxygens (including phenoxy) is 1. The van der Waals surface area contributed by atoms with E-state index in [0.717, 1.165) is 0 Å². The molecule has 0 spiro atoms. The van der Waals surface area contributed by atoms with Crippen molar-refractivity contribution < 1.29 is 9.53 Å². The topological polar surface area (TPSA) is 26.3 Å². The molecule has 0 N–H and O–H groups in total. The van der Waals surface area contributed by atoms with Gasteiger partial charge >= 0.3 is 5.97 Å². The second kappa shape index (κ2) is 4.13. The van der Waals surface area contributed by atoms with Gasteiger partial charge in [0.2, 0.25) is 0 Å². The van der Waals surface area contributed by atoms with Crippen LogP contribution in [-0.4, -0.2) is 12.6 Å². The van der Waals surface area contributed by atoms with Crippen LogP contribution in [0.15, 0.2) is 12.7 Å². The fraction of sp³-hybridized carbons (Fsp3) is 0.571. The van der Waals surface area contributed by atoms with Crippen LogP contribution in [0.5, 0.6) is 0 Å². The summed E-state index contributed by atoms with van der Waals surface area (Å²) in [5, 5.41) is 0. The van der Waals surface area contributed by atoms with Crippen LogP contribution in [-0.2, 0) is 9.53 Å². The highest BCUT2D eigenvalue weighted by atomic mass is 16.5. The zero-order valence-electron chi connectivity index (χ0n) is 5.89. The Morgan fingerprint density at radius 1 is 1.89 bits per heavy atom. The van der Waals surface area contributed by atoms with Gasteiger partial charge in [-0.15, -0.1) is 6.58 Å². The zero-order chi connectivity index (χ0) is 7.28. The maximum Gasteiger partial charge on any atom is 0.302 e. The summed E-state index contributed by atoms with van der Waals surface area (Å²) in [5.41, 5.74) is 0. The SMILES string of the molecule is C=C[C@@H](C)COC(C)=O. The highest BCUT2D eigenvalue weighted by Gasteiger charge is 1.96. The Kier molecular flexibility index (Phi) is 3.76. The van der Waals surface area contributed by atoms with Gasteiger partial charge in [0.25, 0.3) is 0 Å². The molecule has 2 nitrogen and oxygen atoms in total. The predicted molar refractivity (Wildman–Crippen MR) is 36.0 cm³/mol. The predicted octanol–water partition coefficient (Wildman–Crippen LogP) is 1.37. The summed E-state index contributed by atoms with van der Waals surface area (Å²) in [6.45, 7) is 7.33. The number of rotatable bonds is 3. The van der Waals surface area contributed by atoms with Crippen LogP contribution in [0.1, 0.15) is 13.8 Å². The van der Waals surface area contributed by atoms with Crippen LogP contribution in [0, 0.1) is 5.92 Å². The van der Waals surface area contributed by atoms with Crippen LogP contribution in [0.2, 0.25) is 0 Å². The smallest absolute Gasteiger partial charge is 0.302 e. The quantitative estimate of drug-likeness (QED) is 0.424. The van der Waals surface area contributed by atoms with Gasteiger partial charge in [0.15, 0.2) is 0 Å². The van der Waals surface area contributed by atoms with E-state index >= 15 is 0 Å². The highest BCUT2D eigenvalue weighted by Crippen LogP contribution is 1.95. The van der Waals surface area contributed by atoms with Gasteiger partial charge in [-0.25, -0.2) is 0 Å². The third-order valence-corrected chi connectivity index (χ3v) is 0.952. The third-order valence-electron chi connectivity index (χ3n) is 0.952. The molecule has 0 aromatic carbocycles. The van der Waals surface area contributed by atoms with Crippen molar-refractivity contribution in [3.05, 3.63) is 12.7 Å². The number of esters is 1. The van der Waals surface area contributed by atoms with Gasteiger partial charge < -0.3 is 4.74 Å². The average Bonchev–Trinajstić information content (AvgIpc) is 1.83. The third kappa shape index (κ3) is 5.07. The molecule has 0 bridgehead atoms. The van der Waals surface area contributed by atoms with Crippen LogP contribution in [0.4, 0.5) is 0 Å². The van der Waals surface area contributed by atoms with E-state index < -0.39 is 0 Å². The fourth-order valence-electron chi connectivity index (χ4n) is 0.317. The normalized spacial score (nSPS) is 12.2. The van der Waals surface area contributed by atoms with Crippen molar-refractivity contribution in [1.29, 1.82) is 0 Å². The molecule has 1 atom stereocenters. The van der Waals surface area contributed by atoms with E-state index in [2.05, 4.69) is 11.3 Å². The molecule has 0 aliphatic carbocycles. The number of hydrogen-bond donors (Lipinski definition) is 0. The van der Waals surface area contributed by atoms with Crippen molar-refractivity contribution in [1.82, 2.24) is 0 Å². The van der Waals surface area contributed by atoms with Crippen molar-refractivity contribution >= 4 is 5.97 Å². The summed E-state index contributed by atoms with van der Waals surface area (Å²) in [4.78, 5) is 10.2. The standard InChI is InChI=1S/C7H12O2/c1-4-6(2)5-9-7(3)8/h4,6H,1,5H2,2-3H3/t6-/m1/s1. The summed E-state index contributed by atoms with van der Waals surface area (Å²) in [6.07, 6.45) is 1.75. The second-order valence-electron chi connectivity index (χ2n) is 2.02. The molecule has 0 amide bonds. The molecule has 0 saturated heterocycles. The maximum atomic E-state index is 10.2. The van der Waals surface area contributed by atoms with E-state index in [4.69, 9.17) is 0 Å². The lowest BCUT2D eigenvalue weighted by molar-refractivity contribution is -0.141. The second-order valence-corrected chi connectivity index (χ2v) is 2.02. The summed E-state index contributed by atoms with van der Waals surface area (Å²) in [5.74, 6) is 0.0256. The van der Waals surface area contributed by atoms with Gasteiger partial charge in [-0.05, 0) is 0 Å². The lowest BCUT2D eigenvalue weighted by Gasteiger charge is -2.03. The minimum Gasteiger partial charge on any atom is -0.465 e. The molecule has 0 heterocycles. The van der Waals surface area contributed by atoms with Crippen LogP contribution >= 0.6 is 0 Å². The Morgan fingerprint density at radius 2 is 2.44 bits per heavy atom. The lowest BCUT2D eigenvalue weighted by atomic mass is 10.2. The molecule has 0 radical (unpaired) electrons. The van der Waals surface area contributed by atoms with Gasteiger partial charge in [-0.2, -0.15) is 0 Å². The highest BCUT2D eigenvalue weighted by molar-refractivity contribution is 5.65. The van der Waals surface area contributed by atoms with E-state index in [9.17, 15) is 4.79 Å². The Morgan fingerprint density at radius 3 is 2.78 bits per heavy atom. The summed E-state index contributed by atoms with van der Waals surface area (Å²) >= 11 is 0. The Hall–Kier alpha value is -0.790. The van der Waals surface area contributed by atoms with Gasteiger partial charge in [0, 0.05) is 12.8 Å². The monoisotopic (exact) mass is 128 g/mol. The van der Waals surface area contributed by atoms with Crippen LogP contribution < -0.4 is 0 Å². The van der Waals surface area contributed by atoms with Crippen molar-refractivity contribution in [2.75, 3.05) is 6.61 Å². The van der Waals surface area contributed by atoms with E-state index in [0.29, 0.717) is 6.61 Å². The first kappa shape index (κ1) is 8.21. The molecule has 0 saturated carbocycles. The van der Waals surface area contributed by atoms with Crippen LogP contribution in [0.25, 0.3) is 0 Å². The number of hydrogen-bond acceptors (Lipinski definition) is 2. The van der Waals surface area contributed by atoms with Crippen molar-refractivity contribution in [3.63, 3.8) is 0 Å². The molecule has 0 unspecified atom stereocenters. The molecule has 0 aliphatic rings. The van der Waals surface area contributed by atoms with Gasteiger partial charge in [-0.3, -0.25) is 4.79 Å².